The summed E-state index contributed by atoms with van der Waals surface area (Å²) in [6.07, 6.45) is -0.340. The molecule has 1 aromatic carbocycles. The van der Waals surface area contributed by atoms with Gasteiger partial charge in [-0.2, -0.15) is 4.98 Å². The maximum absolute atomic E-state index is 13.7. The third kappa shape index (κ3) is 5.22. The van der Waals surface area contributed by atoms with Crippen LogP contribution in [-0.4, -0.2) is 95.7 Å². The highest BCUT2D eigenvalue weighted by atomic mass is 79.9. The molecule has 3 atom stereocenters. The van der Waals surface area contributed by atoms with E-state index in [1.54, 1.807) is 9.47 Å². The van der Waals surface area contributed by atoms with Crippen LogP contribution in [0.15, 0.2) is 15.3 Å². The second kappa shape index (κ2) is 10.5. The van der Waals surface area contributed by atoms with Gasteiger partial charge in [-0.1, -0.05) is 11.6 Å². The first kappa shape index (κ1) is 27.5. The van der Waals surface area contributed by atoms with E-state index in [1.165, 1.54) is 0 Å². The lowest BCUT2D eigenvalue weighted by atomic mass is 10.1. The van der Waals surface area contributed by atoms with Crippen molar-refractivity contribution >= 4 is 50.3 Å². The molecule has 0 radical (unpaired) electrons. The number of carbonyl (C=O) groups excluding carboxylic acids is 1. The third-order valence-corrected chi connectivity index (χ3v) is 8.60. The molecule has 208 valence electrons. The number of amides is 1. The number of piperazine rings is 1. The Bertz CT molecular complexity index is 1290. The van der Waals surface area contributed by atoms with Crippen molar-refractivity contribution in [1.29, 1.82) is 0 Å². The molecule has 0 bridgehead atoms. The lowest BCUT2D eigenvalue weighted by Gasteiger charge is -2.45. The number of rotatable bonds is 3. The van der Waals surface area contributed by atoms with E-state index in [1.807, 2.05) is 40.7 Å². The maximum Gasteiger partial charge on any atom is 0.410 e. The van der Waals surface area contributed by atoms with Gasteiger partial charge in [0.1, 0.15) is 23.5 Å². The summed E-state index contributed by atoms with van der Waals surface area (Å²) in [6, 6.07) is 1.40. The molecule has 2 aromatic rings. The predicted molar refractivity (Wildman–Crippen MR) is 150 cm³/mol. The van der Waals surface area contributed by atoms with E-state index in [2.05, 4.69) is 30.7 Å². The second-order valence-corrected chi connectivity index (χ2v) is 12.5. The Hall–Kier alpha value is -2.08. The number of benzene rings is 1. The molecule has 2 fully saturated rings. The number of halogens is 2. The van der Waals surface area contributed by atoms with Gasteiger partial charge < -0.3 is 24.0 Å². The number of morpholine rings is 1. The fraction of sp³-hybridized carbons (Fsp3) is 0.654. The summed E-state index contributed by atoms with van der Waals surface area (Å²) in [7, 11) is 0. The van der Waals surface area contributed by atoms with Crippen molar-refractivity contribution in [3.8, 4) is 5.75 Å². The van der Waals surface area contributed by atoms with Gasteiger partial charge in [-0.3, -0.25) is 9.47 Å². The third-order valence-electron chi connectivity index (χ3n) is 7.28. The Morgan fingerprint density at radius 3 is 2.61 bits per heavy atom. The van der Waals surface area contributed by atoms with Gasteiger partial charge in [0.15, 0.2) is 5.75 Å². The number of carbonyl (C=O) groups is 1. The zero-order valence-electron chi connectivity index (χ0n) is 22.5. The lowest BCUT2D eigenvalue weighted by molar-refractivity contribution is 0.0130. The molecule has 0 N–H and O–H groups in total. The summed E-state index contributed by atoms with van der Waals surface area (Å²) in [4.78, 5) is 37.3. The Morgan fingerprint density at radius 2 is 1.92 bits per heavy atom. The van der Waals surface area contributed by atoms with Gasteiger partial charge in [0.05, 0.1) is 28.8 Å². The number of hydrogen-bond donors (Lipinski definition) is 0. The van der Waals surface area contributed by atoms with Gasteiger partial charge >= 0.3 is 11.8 Å². The molecule has 1 aromatic heterocycles. The van der Waals surface area contributed by atoms with Crippen LogP contribution in [0.25, 0.3) is 10.9 Å². The van der Waals surface area contributed by atoms with E-state index >= 15 is 0 Å². The molecule has 3 aliphatic heterocycles. The highest BCUT2D eigenvalue weighted by Gasteiger charge is 2.38. The van der Waals surface area contributed by atoms with Crippen LogP contribution in [0.2, 0.25) is 5.02 Å². The van der Waals surface area contributed by atoms with Gasteiger partial charge in [0.25, 0.3) is 0 Å². The topological polar surface area (TPSA) is 89.4 Å². The molecule has 5 rings (SSSR count). The van der Waals surface area contributed by atoms with Gasteiger partial charge in [-0.05, 0) is 56.6 Å². The monoisotopic (exact) mass is 611 g/mol. The second-order valence-electron chi connectivity index (χ2n) is 11.3. The maximum atomic E-state index is 13.7. The van der Waals surface area contributed by atoms with Crippen LogP contribution in [-0.2, 0) is 9.47 Å². The highest BCUT2D eigenvalue weighted by molar-refractivity contribution is 9.10. The Kier molecular flexibility index (Phi) is 7.58. The van der Waals surface area contributed by atoms with E-state index in [0.29, 0.717) is 66.0 Å². The smallest absolute Gasteiger partial charge is 0.410 e. The average Bonchev–Trinajstić information content (AvgIpc) is 2.85. The first-order valence-electron chi connectivity index (χ1n) is 13.1. The van der Waals surface area contributed by atoms with E-state index in [-0.39, 0.29) is 29.9 Å². The highest BCUT2D eigenvalue weighted by Crippen LogP contribution is 2.44. The van der Waals surface area contributed by atoms with E-state index in [4.69, 9.17) is 25.8 Å². The largest absolute Gasteiger partial charge is 0.488 e. The minimum atomic E-state index is -0.578. The van der Waals surface area contributed by atoms with Crippen molar-refractivity contribution in [3.63, 3.8) is 0 Å². The predicted octanol–water partition coefficient (Wildman–Crippen LogP) is 3.91. The normalized spacial score (nSPS) is 24.4. The molecule has 38 heavy (non-hydrogen) atoms. The summed E-state index contributed by atoms with van der Waals surface area (Å²) in [5.74, 6) is 1.11. The summed E-state index contributed by atoms with van der Waals surface area (Å²) in [6.45, 7) is 14.5. The fourth-order valence-corrected chi connectivity index (χ4v) is 6.07. The lowest BCUT2D eigenvalue weighted by Crippen LogP contribution is -2.59. The molecule has 2 unspecified atom stereocenters. The molecule has 10 nitrogen and oxygen atoms in total. The molecule has 1 amide bonds. The van der Waals surface area contributed by atoms with E-state index in [0.717, 1.165) is 18.5 Å². The van der Waals surface area contributed by atoms with Crippen LogP contribution < -0.4 is 15.3 Å². The Balaban J connectivity index is 1.53. The molecule has 0 spiro atoms. The van der Waals surface area contributed by atoms with Crippen LogP contribution in [0.1, 0.15) is 40.7 Å². The molecule has 0 saturated carbocycles. The molecule has 3 aliphatic rings. The van der Waals surface area contributed by atoms with Crippen molar-refractivity contribution in [2.75, 3.05) is 57.4 Å². The molecular formula is C26H35BrClN5O5. The molecule has 12 heteroatoms. The molecule has 0 aliphatic carbocycles. The minimum absolute atomic E-state index is 0.108. The summed E-state index contributed by atoms with van der Waals surface area (Å²) in [5, 5.41) is 1.24. The van der Waals surface area contributed by atoms with Gasteiger partial charge in [-0.25, -0.2) is 9.59 Å². The van der Waals surface area contributed by atoms with Crippen molar-refractivity contribution in [2.45, 2.75) is 58.3 Å². The van der Waals surface area contributed by atoms with Crippen LogP contribution in [0, 0.1) is 0 Å². The van der Waals surface area contributed by atoms with Gasteiger partial charge in [-0.15, -0.1) is 0 Å². The van der Waals surface area contributed by atoms with E-state index < -0.39 is 5.60 Å². The first-order chi connectivity index (χ1) is 17.9. The summed E-state index contributed by atoms with van der Waals surface area (Å²) >= 11 is 10.2. The quantitative estimate of drug-likeness (QED) is 0.516. The van der Waals surface area contributed by atoms with E-state index in [9.17, 15) is 9.59 Å². The van der Waals surface area contributed by atoms with Gasteiger partial charge in [0.2, 0.25) is 0 Å². The first-order valence-corrected chi connectivity index (χ1v) is 14.2. The molecular weight excluding hydrogens is 578 g/mol. The van der Waals surface area contributed by atoms with Crippen molar-refractivity contribution < 1.29 is 19.0 Å². The summed E-state index contributed by atoms with van der Waals surface area (Å²) < 4.78 is 19.7. The number of nitrogens with zero attached hydrogens (tertiary/aromatic N) is 5. The van der Waals surface area contributed by atoms with Crippen LogP contribution in [0.3, 0.4) is 0 Å². The Morgan fingerprint density at radius 1 is 1.21 bits per heavy atom. The zero-order chi connectivity index (χ0) is 27.4. The average molecular weight is 613 g/mol. The Labute approximate surface area is 235 Å². The van der Waals surface area contributed by atoms with Gasteiger partial charge in [0, 0.05) is 50.2 Å². The SMILES string of the molecule is CC1CN(c2nc(=O)n3c4c(c(Br)c(Cl)cc24)OC[C@@H]3CN2CCOCC2)C(C)CN1C(=O)OC(C)(C)C. The molecule has 2 saturated heterocycles. The minimum Gasteiger partial charge on any atom is -0.488 e. The number of ether oxygens (including phenoxy) is 3. The summed E-state index contributed by atoms with van der Waals surface area (Å²) in [5.41, 5.74) is -0.208. The molecule has 4 heterocycles. The number of aromatic nitrogens is 2. The van der Waals surface area contributed by atoms with Crippen LogP contribution in [0.4, 0.5) is 10.6 Å². The van der Waals surface area contributed by atoms with Crippen LogP contribution >= 0.6 is 27.5 Å². The number of hydrogen-bond acceptors (Lipinski definition) is 8. The van der Waals surface area contributed by atoms with Crippen molar-refractivity contribution in [1.82, 2.24) is 19.4 Å². The number of anilines is 1. The zero-order valence-corrected chi connectivity index (χ0v) is 24.8. The fourth-order valence-electron chi connectivity index (χ4n) is 5.46. The van der Waals surface area contributed by atoms with Crippen LogP contribution in [0.5, 0.6) is 5.75 Å². The standard InChI is InChI=1S/C26H35BrClN5O5/c1-15-12-32(25(35)38-26(3,4)5)16(2)11-31(15)23-18-10-19(28)20(27)22-21(18)33(24(34)29-23)17(14-37-22)13-30-6-8-36-9-7-30/h10,15-17H,6-9,11-14H2,1-5H3/t15?,16?,17-/m0/s1. The van der Waals surface area contributed by atoms with Crippen molar-refractivity contribution in [2.24, 2.45) is 0 Å². The van der Waals surface area contributed by atoms with Crippen molar-refractivity contribution in [3.05, 3.63) is 26.0 Å².